The molecule has 2 amide bonds. The molecule has 0 bridgehead atoms. The van der Waals surface area contributed by atoms with Gasteiger partial charge in [0.15, 0.2) is 0 Å². The normalized spacial score (nSPS) is 10.5. The summed E-state index contributed by atoms with van der Waals surface area (Å²) in [5.74, 6) is 0.541. The number of carbonyl (C=O) groups excluding carboxylic acids is 2. The summed E-state index contributed by atoms with van der Waals surface area (Å²) in [5, 5.41) is 3.44. The number of aromatic nitrogens is 1. The maximum atomic E-state index is 12.1. The van der Waals surface area contributed by atoms with Crippen LogP contribution in [0.25, 0.3) is 10.9 Å². The van der Waals surface area contributed by atoms with E-state index in [0.717, 1.165) is 5.56 Å². The Morgan fingerprint density at radius 2 is 1.82 bits per heavy atom. The number of carbonyl (C=O) groups is 2. The van der Waals surface area contributed by atoms with Crippen LogP contribution in [0.2, 0.25) is 5.02 Å². The van der Waals surface area contributed by atoms with Gasteiger partial charge in [-0.15, -0.1) is 0 Å². The average Bonchev–Trinajstić information content (AvgIpc) is 2.84. The number of nitrogens with one attached hydrogen (secondary N) is 1. The lowest BCUT2D eigenvalue weighted by atomic mass is 10.1. The first-order valence-corrected chi connectivity index (χ1v) is 10.5. The number of ether oxygens (including phenoxy) is 3. The SMILES string of the molecule is COc1cc2nccc(Oc3ccc(NC(=O)OCc4ccccc4)c(Cl)c3)c2cc1C(N)=O. The molecule has 4 aromatic rings. The Morgan fingerprint density at radius 1 is 1.03 bits per heavy atom. The minimum absolute atomic E-state index is 0.138. The third-order valence-corrected chi connectivity index (χ3v) is 5.22. The molecular formula is C25H20ClN3O5. The van der Waals surface area contributed by atoms with Crippen molar-refractivity contribution in [2.24, 2.45) is 5.73 Å². The van der Waals surface area contributed by atoms with E-state index in [9.17, 15) is 9.59 Å². The second-order valence-electron chi connectivity index (χ2n) is 7.17. The van der Waals surface area contributed by atoms with Gasteiger partial charge in [-0.3, -0.25) is 15.1 Å². The first kappa shape index (κ1) is 22.9. The molecule has 0 radical (unpaired) electrons. The molecule has 0 aliphatic carbocycles. The molecule has 0 saturated heterocycles. The second-order valence-corrected chi connectivity index (χ2v) is 7.58. The summed E-state index contributed by atoms with van der Waals surface area (Å²) < 4.78 is 16.4. The number of fused-ring (bicyclic) bond motifs is 1. The Morgan fingerprint density at radius 3 is 2.53 bits per heavy atom. The fourth-order valence-corrected chi connectivity index (χ4v) is 3.47. The fourth-order valence-electron chi connectivity index (χ4n) is 3.26. The number of nitrogens with two attached hydrogens (primary N) is 1. The van der Waals surface area contributed by atoms with Gasteiger partial charge in [-0.2, -0.15) is 0 Å². The predicted molar refractivity (Wildman–Crippen MR) is 129 cm³/mol. The molecule has 3 aromatic carbocycles. The van der Waals surface area contributed by atoms with E-state index in [1.54, 1.807) is 42.6 Å². The van der Waals surface area contributed by atoms with E-state index in [1.807, 2.05) is 30.3 Å². The molecule has 34 heavy (non-hydrogen) atoms. The molecule has 1 heterocycles. The molecule has 0 saturated carbocycles. The van der Waals surface area contributed by atoms with Crippen molar-refractivity contribution in [2.45, 2.75) is 6.61 Å². The van der Waals surface area contributed by atoms with Crippen LogP contribution in [0.5, 0.6) is 17.2 Å². The summed E-state index contributed by atoms with van der Waals surface area (Å²) in [6.45, 7) is 0.138. The topological polar surface area (TPSA) is 113 Å². The van der Waals surface area contributed by atoms with Crippen molar-refractivity contribution in [1.29, 1.82) is 0 Å². The number of rotatable bonds is 7. The van der Waals surface area contributed by atoms with E-state index in [1.165, 1.54) is 7.11 Å². The molecule has 0 aliphatic rings. The molecule has 0 fully saturated rings. The van der Waals surface area contributed by atoms with Crippen molar-refractivity contribution in [1.82, 2.24) is 4.98 Å². The van der Waals surface area contributed by atoms with E-state index >= 15 is 0 Å². The molecular weight excluding hydrogens is 458 g/mol. The maximum absolute atomic E-state index is 12.1. The van der Waals surface area contributed by atoms with Gasteiger partial charge >= 0.3 is 6.09 Å². The Labute approximate surface area is 200 Å². The van der Waals surface area contributed by atoms with E-state index in [2.05, 4.69) is 10.3 Å². The minimum atomic E-state index is -0.633. The van der Waals surface area contributed by atoms with Gasteiger partial charge in [0.1, 0.15) is 23.9 Å². The molecule has 9 heteroatoms. The highest BCUT2D eigenvalue weighted by Gasteiger charge is 2.15. The second kappa shape index (κ2) is 10.1. The fraction of sp³-hybridized carbons (Fsp3) is 0.0800. The van der Waals surface area contributed by atoms with E-state index in [4.69, 9.17) is 31.5 Å². The standard InChI is InChI=1S/C25H20ClN3O5/c1-32-23-13-21-17(12-18(23)24(27)30)22(9-10-28-21)34-16-7-8-20(19(26)11-16)29-25(31)33-14-15-5-3-2-4-6-15/h2-13H,14H2,1H3,(H2,27,30)(H,29,31). The molecule has 0 spiro atoms. The van der Waals surface area contributed by atoms with Crippen LogP contribution in [-0.2, 0) is 11.3 Å². The number of halogens is 1. The zero-order chi connectivity index (χ0) is 24.1. The lowest BCUT2D eigenvalue weighted by Gasteiger charge is -2.13. The highest BCUT2D eigenvalue weighted by Crippen LogP contribution is 2.35. The quantitative estimate of drug-likeness (QED) is 0.361. The highest BCUT2D eigenvalue weighted by atomic mass is 35.5. The number of pyridine rings is 1. The molecule has 172 valence electrons. The summed E-state index contributed by atoms with van der Waals surface area (Å²) in [6, 6.07) is 19.0. The van der Waals surface area contributed by atoms with Gasteiger partial charge in [-0.1, -0.05) is 41.9 Å². The van der Waals surface area contributed by atoms with Crippen molar-refractivity contribution in [3.05, 3.63) is 89.1 Å². The van der Waals surface area contributed by atoms with Crippen molar-refractivity contribution in [2.75, 3.05) is 12.4 Å². The predicted octanol–water partition coefficient (Wildman–Crippen LogP) is 5.54. The van der Waals surface area contributed by atoms with E-state index in [0.29, 0.717) is 33.8 Å². The Bertz CT molecular complexity index is 1360. The number of benzene rings is 3. The van der Waals surface area contributed by atoms with E-state index < -0.39 is 12.0 Å². The largest absolute Gasteiger partial charge is 0.496 e. The summed E-state index contributed by atoms with van der Waals surface area (Å²) >= 11 is 6.34. The molecule has 3 N–H and O–H groups in total. The number of hydrogen-bond acceptors (Lipinski definition) is 6. The molecule has 8 nitrogen and oxygen atoms in total. The third kappa shape index (κ3) is 5.19. The van der Waals surface area contributed by atoms with Gasteiger partial charge in [-0.25, -0.2) is 4.79 Å². The number of hydrogen-bond donors (Lipinski definition) is 2. The van der Waals surface area contributed by atoms with Gasteiger partial charge in [0.2, 0.25) is 0 Å². The van der Waals surface area contributed by atoms with Crippen LogP contribution in [0.1, 0.15) is 15.9 Å². The number of methoxy groups -OCH3 is 1. The molecule has 0 unspecified atom stereocenters. The molecule has 4 rings (SSSR count). The van der Waals surface area contributed by atoms with Crippen LogP contribution in [-0.4, -0.2) is 24.1 Å². The molecule has 0 atom stereocenters. The van der Waals surface area contributed by atoms with Crippen molar-refractivity contribution in [3.8, 4) is 17.2 Å². The lowest BCUT2D eigenvalue weighted by Crippen LogP contribution is -2.13. The number of nitrogens with zero attached hydrogens (tertiary/aromatic N) is 1. The number of anilines is 1. The van der Waals surface area contributed by atoms with Crippen molar-refractivity contribution < 1.29 is 23.8 Å². The van der Waals surface area contributed by atoms with Crippen LogP contribution in [0, 0.1) is 0 Å². The van der Waals surface area contributed by atoms with Crippen LogP contribution in [0.3, 0.4) is 0 Å². The van der Waals surface area contributed by atoms with Gasteiger partial charge in [0.05, 0.1) is 28.9 Å². The summed E-state index contributed by atoms with van der Waals surface area (Å²) in [7, 11) is 1.45. The lowest BCUT2D eigenvalue weighted by molar-refractivity contribution is 0.0997. The minimum Gasteiger partial charge on any atom is -0.496 e. The molecule has 1 aromatic heterocycles. The third-order valence-electron chi connectivity index (χ3n) is 4.91. The Balaban J connectivity index is 1.50. The Hall–Kier alpha value is -4.30. The average molecular weight is 478 g/mol. The number of amides is 2. The Kier molecular flexibility index (Phi) is 6.79. The van der Waals surface area contributed by atoms with Crippen molar-refractivity contribution in [3.63, 3.8) is 0 Å². The van der Waals surface area contributed by atoms with Crippen LogP contribution < -0.4 is 20.5 Å². The first-order valence-electron chi connectivity index (χ1n) is 10.2. The van der Waals surface area contributed by atoms with E-state index in [-0.39, 0.29) is 17.2 Å². The summed E-state index contributed by atoms with van der Waals surface area (Å²) in [5.41, 5.74) is 7.48. The van der Waals surface area contributed by atoms with Crippen molar-refractivity contribution >= 4 is 40.2 Å². The zero-order valence-electron chi connectivity index (χ0n) is 18.1. The maximum Gasteiger partial charge on any atom is 0.412 e. The summed E-state index contributed by atoms with van der Waals surface area (Å²) in [6.07, 6.45) is 0.939. The zero-order valence-corrected chi connectivity index (χ0v) is 18.8. The smallest absolute Gasteiger partial charge is 0.412 e. The van der Waals surface area contributed by atoms with Crippen LogP contribution in [0.15, 0.2) is 72.9 Å². The first-order chi connectivity index (χ1) is 16.4. The highest BCUT2D eigenvalue weighted by molar-refractivity contribution is 6.33. The van der Waals surface area contributed by atoms with Gasteiger partial charge in [-0.05, 0) is 29.8 Å². The van der Waals surface area contributed by atoms with Crippen LogP contribution >= 0.6 is 11.6 Å². The molecule has 0 aliphatic heterocycles. The monoisotopic (exact) mass is 477 g/mol. The van der Waals surface area contributed by atoms with Gasteiger partial charge in [0, 0.05) is 23.7 Å². The van der Waals surface area contributed by atoms with Gasteiger partial charge < -0.3 is 19.9 Å². The van der Waals surface area contributed by atoms with Crippen LogP contribution in [0.4, 0.5) is 10.5 Å². The van der Waals surface area contributed by atoms with Gasteiger partial charge in [0.25, 0.3) is 5.91 Å². The number of primary amides is 1. The summed E-state index contributed by atoms with van der Waals surface area (Å²) in [4.78, 5) is 28.2.